The van der Waals surface area contributed by atoms with Crippen LogP contribution in [0.25, 0.3) is 0 Å². The minimum absolute atomic E-state index is 0.349. The highest BCUT2D eigenvalue weighted by Crippen LogP contribution is 2.44. The van der Waals surface area contributed by atoms with Gasteiger partial charge >= 0.3 is 0 Å². The molecule has 2 aromatic carbocycles. The third-order valence-electron chi connectivity index (χ3n) is 5.70. The molecule has 1 aliphatic heterocycles. The Kier molecular flexibility index (Phi) is 6.67. The number of nitrogens with one attached hydrogen (secondary N) is 2. The number of carbonyl (C=O) groups excluding carboxylic acids is 1. The van der Waals surface area contributed by atoms with E-state index in [4.69, 9.17) is 23.7 Å². The second-order valence-electron chi connectivity index (χ2n) is 7.57. The fourth-order valence-electron chi connectivity index (χ4n) is 4.04. The van der Waals surface area contributed by atoms with E-state index < -0.39 is 6.04 Å². The fourth-order valence-corrected chi connectivity index (χ4v) is 4.04. The van der Waals surface area contributed by atoms with E-state index in [9.17, 15) is 4.79 Å². The number of fused-ring (bicyclic) bond motifs is 1. The highest BCUT2D eigenvalue weighted by atomic mass is 16.5. The van der Waals surface area contributed by atoms with E-state index in [1.165, 1.54) is 34.8 Å². The van der Waals surface area contributed by atoms with E-state index >= 15 is 0 Å². The number of carbonyl (C=O) groups is 1. The third kappa shape index (κ3) is 4.27. The van der Waals surface area contributed by atoms with Crippen molar-refractivity contribution in [3.05, 3.63) is 53.5 Å². The average molecular weight is 482 g/mol. The molecule has 184 valence electrons. The first kappa shape index (κ1) is 23.7. The van der Waals surface area contributed by atoms with E-state index in [0.29, 0.717) is 57.2 Å². The van der Waals surface area contributed by atoms with Gasteiger partial charge in [0.15, 0.2) is 11.5 Å². The van der Waals surface area contributed by atoms with Crippen molar-refractivity contribution in [1.82, 2.24) is 14.8 Å². The lowest BCUT2D eigenvalue weighted by Gasteiger charge is -2.29. The van der Waals surface area contributed by atoms with Gasteiger partial charge in [-0.3, -0.25) is 4.79 Å². The van der Waals surface area contributed by atoms with Crippen molar-refractivity contribution in [1.29, 1.82) is 0 Å². The van der Waals surface area contributed by atoms with E-state index in [1.54, 1.807) is 42.1 Å². The highest BCUT2D eigenvalue weighted by Gasteiger charge is 2.35. The Balaban J connectivity index is 1.81. The summed E-state index contributed by atoms with van der Waals surface area (Å²) in [6, 6.07) is 8.10. The first-order valence-corrected chi connectivity index (χ1v) is 10.7. The number of ether oxygens (including phenoxy) is 5. The monoisotopic (exact) mass is 481 g/mol. The van der Waals surface area contributed by atoms with Crippen LogP contribution in [0.2, 0.25) is 0 Å². The Morgan fingerprint density at radius 3 is 2.23 bits per heavy atom. The van der Waals surface area contributed by atoms with Crippen LogP contribution >= 0.6 is 0 Å². The molecule has 1 amide bonds. The number of benzene rings is 2. The zero-order chi connectivity index (χ0) is 25.1. The van der Waals surface area contributed by atoms with Gasteiger partial charge in [-0.2, -0.15) is 10.1 Å². The molecule has 0 fully saturated rings. The van der Waals surface area contributed by atoms with Gasteiger partial charge in [0.1, 0.15) is 23.9 Å². The summed E-state index contributed by atoms with van der Waals surface area (Å²) in [5.41, 5.74) is 2.23. The molecule has 2 heterocycles. The van der Waals surface area contributed by atoms with Crippen LogP contribution in [0, 0.1) is 0 Å². The molecular weight excluding hydrogens is 454 g/mol. The number of methoxy groups -OCH3 is 5. The molecule has 35 heavy (non-hydrogen) atoms. The minimum atomic E-state index is -0.633. The van der Waals surface area contributed by atoms with E-state index in [-0.39, 0.29) is 5.91 Å². The van der Waals surface area contributed by atoms with Crippen LogP contribution in [0.3, 0.4) is 0 Å². The Morgan fingerprint density at radius 1 is 0.943 bits per heavy atom. The number of hydrogen-bond acceptors (Lipinski definition) is 9. The fraction of sp³-hybridized carbons (Fsp3) is 0.292. The van der Waals surface area contributed by atoms with Gasteiger partial charge in [0, 0.05) is 11.8 Å². The summed E-state index contributed by atoms with van der Waals surface area (Å²) < 4.78 is 28.9. The number of rotatable bonds is 8. The number of nitrogens with zero attached hydrogens (tertiary/aromatic N) is 3. The summed E-state index contributed by atoms with van der Waals surface area (Å²) >= 11 is 0. The van der Waals surface area contributed by atoms with Crippen molar-refractivity contribution < 1.29 is 28.5 Å². The van der Waals surface area contributed by atoms with Crippen LogP contribution in [0.5, 0.6) is 28.7 Å². The SMILES string of the molecule is COc1ccc(NC(=O)C2=C(C)Nc3ncnn3C2c2cc(OC)c(OC)c(OC)c2)c(OC)c1. The zero-order valence-electron chi connectivity index (χ0n) is 20.3. The molecular formula is C24H27N5O6. The Hall–Kier alpha value is -4.41. The summed E-state index contributed by atoms with van der Waals surface area (Å²) in [6.45, 7) is 1.81. The van der Waals surface area contributed by atoms with E-state index in [2.05, 4.69) is 20.7 Å². The predicted octanol–water partition coefficient (Wildman–Crippen LogP) is 3.25. The quantitative estimate of drug-likeness (QED) is 0.500. The molecule has 0 saturated heterocycles. The van der Waals surface area contributed by atoms with Gasteiger partial charge in [0.05, 0.1) is 46.8 Å². The largest absolute Gasteiger partial charge is 0.497 e. The van der Waals surface area contributed by atoms with E-state index in [1.807, 2.05) is 6.92 Å². The molecule has 1 unspecified atom stereocenters. The Bertz CT molecular complexity index is 1260. The summed E-state index contributed by atoms with van der Waals surface area (Å²) in [5, 5.41) is 10.5. The number of hydrogen-bond donors (Lipinski definition) is 2. The van der Waals surface area contributed by atoms with Crippen LogP contribution in [0.15, 0.2) is 47.9 Å². The maximum atomic E-state index is 13.7. The lowest BCUT2D eigenvalue weighted by Crippen LogP contribution is -2.31. The van der Waals surface area contributed by atoms with Gasteiger partial charge in [-0.25, -0.2) is 4.68 Å². The second-order valence-corrected chi connectivity index (χ2v) is 7.57. The predicted molar refractivity (Wildman–Crippen MR) is 129 cm³/mol. The zero-order valence-corrected chi connectivity index (χ0v) is 20.3. The maximum absolute atomic E-state index is 13.7. The van der Waals surface area contributed by atoms with Crippen LogP contribution in [-0.2, 0) is 4.79 Å². The van der Waals surface area contributed by atoms with Gasteiger partial charge in [-0.05, 0) is 36.8 Å². The van der Waals surface area contributed by atoms with Crippen molar-refractivity contribution in [3.8, 4) is 28.7 Å². The smallest absolute Gasteiger partial charge is 0.255 e. The number of allylic oxidation sites excluding steroid dienone is 1. The molecule has 2 N–H and O–H groups in total. The van der Waals surface area contributed by atoms with E-state index in [0.717, 1.165) is 0 Å². The van der Waals surface area contributed by atoms with Crippen molar-refractivity contribution in [2.24, 2.45) is 0 Å². The van der Waals surface area contributed by atoms with Crippen LogP contribution in [0.1, 0.15) is 18.5 Å². The molecule has 1 atom stereocenters. The first-order valence-electron chi connectivity index (χ1n) is 10.7. The molecule has 1 aromatic heterocycles. The number of anilines is 2. The Morgan fingerprint density at radius 2 is 1.63 bits per heavy atom. The second kappa shape index (κ2) is 9.84. The molecule has 4 rings (SSSR count). The lowest BCUT2D eigenvalue weighted by molar-refractivity contribution is -0.113. The lowest BCUT2D eigenvalue weighted by atomic mass is 9.94. The number of amides is 1. The number of aromatic nitrogens is 3. The third-order valence-corrected chi connectivity index (χ3v) is 5.70. The van der Waals surface area contributed by atoms with Crippen LogP contribution in [0.4, 0.5) is 11.6 Å². The standard InChI is InChI=1S/C24H27N5O6/c1-13-20(23(30)28-16-8-7-15(31-2)11-17(16)32-3)21(29-24(27-13)25-12-26-29)14-9-18(33-4)22(35-6)19(10-14)34-5/h7-12,21H,1-6H3,(H,28,30)(H,25,26,27). The minimum Gasteiger partial charge on any atom is -0.497 e. The Labute approximate surface area is 202 Å². The molecule has 0 spiro atoms. The summed E-state index contributed by atoms with van der Waals surface area (Å²) in [4.78, 5) is 18.0. The van der Waals surface area contributed by atoms with Crippen molar-refractivity contribution in [3.63, 3.8) is 0 Å². The van der Waals surface area contributed by atoms with Gasteiger partial charge in [-0.1, -0.05) is 0 Å². The normalized spacial score (nSPS) is 14.5. The first-order chi connectivity index (χ1) is 16.9. The molecule has 11 nitrogen and oxygen atoms in total. The van der Waals surface area contributed by atoms with Gasteiger partial charge in [0.2, 0.25) is 11.7 Å². The molecule has 0 aliphatic carbocycles. The molecule has 11 heteroatoms. The highest BCUT2D eigenvalue weighted by molar-refractivity contribution is 6.06. The van der Waals surface area contributed by atoms with Crippen LogP contribution in [-0.4, -0.2) is 56.2 Å². The molecule has 3 aromatic rings. The summed E-state index contributed by atoms with van der Waals surface area (Å²) in [6.07, 6.45) is 1.42. The van der Waals surface area contributed by atoms with Crippen LogP contribution < -0.4 is 34.3 Å². The van der Waals surface area contributed by atoms with Gasteiger partial charge in [0.25, 0.3) is 5.91 Å². The van der Waals surface area contributed by atoms with Crippen molar-refractivity contribution in [2.45, 2.75) is 13.0 Å². The van der Waals surface area contributed by atoms with Gasteiger partial charge in [-0.15, -0.1) is 0 Å². The topological polar surface area (TPSA) is 118 Å². The van der Waals surface area contributed by atoms with Crippen molar-refractivity contribution in [2.75, 3.05) is 46.2 Å². The molecule has 0 bridgehead atoms. The summed E-state index contributed by atoms with van der Waals surface area (Å²) in [5.74, 6) is 2.58. The van der Waals surface area contributed by atoms with Gasteiger partial charge < -0.3 is 34.3 Å². The molecule has 0 saturated carbocycles. The average Bonchev–Trinajstić information content (AvgIpc) is 3.34. The summed E-state index contributed by atoms with van der Waals surface area (Å²) in [7, 11) is 7.69. The molecule has 0 radical (unpaired) electrons. The molecule has 1 aliphatic rings. The van der Waals surface area contributed by atoms with Crippen molar-refractivity contribution >= 4 is 17.5 Å². The maximum Gasteiger partial charge on any atom is 0.255 e.